The van der Waals surface area contributed by atoms with Gasteiger partial charge in [0, 0.05) is 0 Å². The van der Waals surface area contributed by atoms with Crippen molar-refractivity contribution in [1.82, 2.24) is 0 Å². The molecule has 0 aromatic rings. The third-order valence-electron chi connectivity index (χ3n) is 3.22. The van der Waals surface area contributed by atoms with E-state index in [-0.39, 0.29) is 0 Å². The van der Waals surface area contributed by atoms with Crippen LogP contribution in [0.4, 0.5) is 0 Å². The Morgan fingerprint density at radius 1 is 0.875 bits per heavy atom. The Kier molecular flexibility index (Phi) is 12.1. The summed E-state index contributed by atoms with van der Waals surface area (Å²) >= 11 is 0. The molecule has 94 valence electrons. The molecule has 0 atom stereocenters. The van der Waals surface area contributed by atoms with E-state index in [4.69, 9.17) is 0 Å². The molecule has 0 radical (unpaired) electrons. The molecule has 0 nitrogen and oxygen atoms in total. The van der Waals surface area contributed by atoms with E-state index in [1.54, 1.807) is 5.57 Å². The van der Waals surface area contributed by atoms with Gasteiger partial charge in [-0.25, -0.2) is 0 Å². The van der Waals surface area contributed by atoms with Crippen molar-refractivity contribution in [1.29, 1.82) is 0 Å². The molecule has 0 aromatic carbocycles. The van der Waals surface area contributed by atoms with Crippen LogP contribution in [0, 0.1) is 0 Å². The first-order valence-electron chi connectivity index (χ1n) is 7.04. The maximum absolute atomic E-state index is 3.75. The summed E-state index contributed by atoms with van der Waals surface area (Å²) in [5, 5.41) is 0. The van der Waals surface area contributed by atoms with Gasteiger partial charge in [0.15, 0.2) is 0 Å². The maximum atomic E-state index is 3.75. The normalized spacial score (nSPS) is 11.8. The van der Waals surface area contributed by atoms with E-state index in [1.807, 2.05) is 6.08 Å². The first kappa shape index (κ1) is 15.5. The second-order valence-electron chi connectivity index (χ2n) is 4.79. The van der Waals surface area contributed by atoms with Crippen LogP contribution in [0.15, 0.2) is 24.3 Å². The Morgan fingerprint density at radius 3 is 1.88 bits per heavy atom. The summed E-state index contributed by atoms with van der Waals surface area (Å²) in [4.78, 5) is 0. The van der Waals surface area contributed by atoms with Gasteiger partial charge < -0.3 is 0 Å². The van der Waals surface area contributed by atoms with E-state index in [9.17, 15) is 0 Å². The van der Waals surface area contributed by atoms with Crippen LogP contribution >= 0.6 is 0 Å². The second-order valence-corrected chi connectivity index (χ2v) is 4.79. The van der Waals surface area contributed by atoms with Crippen molar-refractivity contribution in [3.05, 3.63) is 24.3 Å². The standard InChI is InChI=1S/C16H30/c1-4-6-7-8-9-10-11-12-13-14-15-16(3)5-2/h4-5H,1,6-15H2,2-3H3/b16-5+. The highest BCUT2D eigenvalue weighted by Crippen LogP contribution is 2.12. The summed E-state index contributed by atoms with van der Waals surface area (Å²) < 4.78 is 0. The van der Waals surface area contributed by atoms with Crippen LogP contribution in [-0.2, 0) is 0 Å². The van der Waals surface area contributed by atoms with E-state index in [0.717, 1.165) is 0 Å². The fourth-order valence-electron chi connectivity index (χ4n) is 1.90. The van der Waals surface area contributed by atoms with Gasteiger partial charge in [-0.2, -0.15) is 0 Å². The van der Waals surface area contributed by atoms with Gasteiger partial charge in [0.1, 0.15) is 0 Å². The number of allylic oxidation sites excluding steroid dienone is 3. The molecule has 0 unspecified atom stereocenters. The van der Waals surface area contributed by atoms with Crippen molar-refractivity contribution >= 4 is 0 Å². The van der Waals surface area contributed by atoms with E-state index in [2.05, 4.69) is 26.5 Å². The fraction of sp³-hybridized carbons (Fsp3) is 0.750. The second kappa shape index (κ2) is 12.5. The number of hydrogen-bond acceptors (Lipinski definition) is 0. The molecule has 0 rings (SSSR count). The Labute approximate surface area is 103 Å². The van der Waals surface area contributed by atoms with Crippen molar-refractivity contribution in [3.63, 3.8) is 0 Å². The maximum Gasteiger partial charge on any atom is -0.0323 e. The number of hydrogen-bond donors (Lipinski definition) is 0. The third-order valence-corrected chi connectivity index (χ3v) is 3.22. The average Bonchev–Trinajstić information content (AvgIpc) is 2.31. The monoisotopic (exact) mass is 222 g/mol. The van der Waals surface area contributed by atoms with Crippen molar-refractivity contribution in [3.8, 4) is 0 Å². The van der Waals surface area contributed by atoms with Crippen LogP contribution in [0.3, 0.4) is 0 Å². The summed E-state index contributed by atoms with van der Waals surface area (Å²) in [5.74, 6) is 0. The molecule has 0 N–H and O–H groups in total. The Balaban J connectivity index is 3.01. The molecule has 0 heterocycles. The Morgan fingerprint density at radius 2 is 1.38 bits per heavy atom. The highest BCUT2D eigenvalue weighted by atomic mass is 14.0. The zero-order chi connectivity index (χ0) is 12.1. The average molecular weight is 222 g/mol. The predicted octanol–water partition coefficient (Wildman–Crippen LogP) is 6.04. The van der Waals surface area contributed by atoms with E-state index in [0.29, 0.717) is 0 Å². The fourth-order valence-corrected chi connectivity index (χ4v) is 1.90. The molecule has 0 amide bonds. The Bertz CT molecular complexity index is 176. The summed E-state index contributed by atoms with van der Waals surface area (Å²) in [6, 6.07) is 0. The predicted molar refractivity (Wildman–Crippen MR) is 75.8 cm³/mol. The topological polar surface area (TPSA) is 0 Å². The van der Waals surface area contributed by atoms with E-state index >= 15 is 0 Å². The van der Waals surface area contributed by atoms with Crippen LogP contribution in [0.2, 0.25) is 0 Å². The molecule has 0 aliphatic rings. The molecule has 0 aromatic heterocycles. The summed E-state index contributed by atoms with van der Waals surface area (Å²) in [5.41, 5.74) is 1.55. The minimum absolute atomic E-state index is 1.20. The van der Waals surface area contributed by atoms with Gasteiger partial charge in [0.25, 0.3) is 0 Å². The zero-order valence-electron chi connectivity index (χ0n) is 11.4. The van der Waals surface area contributed by atoms with Crippen molar-refractivity contribution in [2.45, 2.75) is 78.1 Å². The lowest BCUT2D eigenvalue weighted by Crippen LogP contribution is -1.82. The van der Waals surface area contributed by atoms with Crippen LogP contribution < -0.4 is 0 Å². The zero-order valence-corrected chi connectivity index (χ0v) is 11.4. The highest BCUT2D eigenvalue weighted by Gasteiger charge is 1.93. The largest absolute Gasteiger partial charge is 0.103 e. The molecule has 0 fully saturated rings. The van der Waals surface area contributed by atoms with Gasteiger partial charge in [-0.15, -0.1) is 6.58 Å². The van der Waals surface area contributed by atoms with Crippen LogP contribution in [0.5, 0.6) is 0 Å². The van der Waals surface area contributed by atoms with Crippen molar-refractivity contribution in [2.24, 2.45) is 0 Å². The van der Waals surface area contributed by atoms with Gasteiger partial charge >= 0.3 is 0 Å². The molecule has 0 aliphatic heterocycles. The lowest BCUT2D eigenvalue weighted by Gasteiger charge is -2.02. The van der Waals surface area contributed by atoms with E-state index < -0.39 is 0 Å². The SMILES string of the molecule is C=CCCCCCCCCCC/C(C)=C/C. The van der Waals surface area contributed by atoms with Gasteiger partial charge in [-0.05, 0) is 39.5 Å². The smallest absolute Gasteiger partial charge is 0.0323 e. The first-order valence-corrected chi connectivity index (χ1v) is 7.04. The lowest BCUT2D eigenvalue weighted by atomic mass is 10.0. The van der Waals surface area contributed by atoms with Crippen LogP contribution in [-0.4, -0.2) is 0 Å². The molecular weight excluding hydrogens is 192 g/mol. The van der Waals surface area contributed by atoms with Crippen LogP contribution in [0.1, 0.15) is 78.1 Å². The minimum Gasteiger partial charge on any atom is -0.103 e. The molecule has 0 saturated heterocycles. The molecule has 0 saturated carbocycles. The third kappa shape index (κ3) is 11.6. The highest BCUT2D eigenvalue weighted by molar-refractivity contribution is 4.94. The molecule has 0 bridgehead atoms. The van der Waals surface area contributed by atoms with Gasteiger partial charge in [-0.1, -0.05) is 56.3 Å². The van der Waals surface area contributed by atoms with Gasteiger partial charge in [0.2, 0.25) is 0 Å². The molecular formula is C16H30. The number of rotatable bonds is 11. The Hall–Kier alpha value is -0.520. The van der Waals surface area contributed by atoms with Crippen molar-refractivity contribution in [2.75, 3.05) is 0 Å². The minimum atomic E-state index is 1.20. The summed E-state index contributed by atoms with van der Waals surface area (Å²) in [6.07, 6.45) is 18.0. The quantitative estimate of drug-likeness (QED) is 0.295. The number of unbranched alkanes of at least 4 members (excludes halogenated alkanes) is 8. The molecule has 0 heteroatoms. The van der Waals surface area contributed by atoms with Gasteiger partial charge in [0.05, 0.1) is 0 Å². The molecule has 0 spiro atoms. The summed E-state index contributed by atoms with van der Waals surface area (Å²) in [7, 11) is 0. The molecule has 0 aliphatic carbocycles. The first-order chi connectivity index (χ1) is 7.81. The van der Waals surface area contributed by atoms with Crippen LogP contribution in [0.25, 0.3) is 0 Å². The van der Waals surface area contributed by atoms with Gasteiger partial charge in [-0.3, -0.25) is 0 Å². The summed E-state index contributed by atoms with van der Waals surface area (Å²) in [6.45, 7) is 8.12. The van der Waals surface area contributed by atoms with Crippen molar-refractivity contribution < 1.29 is 0 Å². The lowest BCUT2D eigenvalue weighted by molar-refractivity contribution is 0.569. The van der Waals surface area contributed by atoms with E-state index in [1.165, 1.54) is 64.2 Å². The molecule has 16 heavy (non-hydrogen) atoms.